The van der Waals surface area contributed by atoms with E-state index in [1.807, 2.05) is 37.3 Å². The van der Waals surface area contributed by atoms with Gasteiger partial charge < -0.3 is 19.7 Å². The van der Waals surface area contributed by atoms with Crippen molar-refractivity contribution >= 4 is 17.5 Å². The fourth-order valence-electron chi connectivity index (χ4n) is 3.49. The van der Waals surface area contributed by atoms with Gasteiger partial charge in [-0.2, -0.15) is 0 Å². The molecule has 0 spiro atoms. The summed E-state index contributed by atoms with van der Waals surface area (Å²) >= 11 is 0. The van der Waals surface area contributed by atoms with E-state index in [0.717, 1.165) is 5.56 Å². The quantitative estimate of drug-likeness (QED) is 0.859. The van der Waals surface area contributed by atoms with Crippen LogP contribution in [0.15, 0.2) is 42.5 Å². The van der Waals surface area contributed by atoms with E-state index >= 15 is 0 Å². The van der Waals surface area contributed by atoms with E-state index < -0.39 is 0 Å². The first-order valence-electron chi connectivity index (χ1n) is 9.41. The SMILES string of the molecule is COc1ccc(C)cc1NC(=O)C1CCN(C(=O)c2ccccc2OC)CC1. The lowest BCUT2D eigenvalue weighted by Crippen LogP contribution is -2.41. The average molecular weight is 382 g/mol. The summed E-state index contributed by atoms with van der Waals surface area (Å²) in [5.41, 5.74) is 2.28. The third-order valence-corrected chi connectivity index (χ3v) is 5.10. The van der Waals surface area contributed by atoms with Gasteiger partial charge in [0.25, 0.3) is 5.91 Å². The molecule has 0 atom stereocenters. The third kappa shape index (κ3) is 4.27. The Morgan fingerprint density at radius 3 is 2.36 bits per heavy atom. The zero-order valence-corrected chi connectivity index (χ0v) is 16.5. The summed E-state index contributed by atoms with van der Waals surface area (Å²) in [6, 6.07) is 12.9. The van der Waals surface area contributed by atoms with E-state index in [0.29, 0.717) is 48.7 Å². The van der Waals surface area contributed by atoms with Crippen molar-refractivity contribution in [1.29, 1.82) is 0 Å². The minimum Gasteiger partial charge on any atom is -0.496 e. The number of carbonyl (C=O) groups is 2. The Morgan fingerprint density at radius 1 is 1.00 bits per heavy atom. The predicted octanol–water partition coefficient (Wildman–Crippen LogP) is 3.50. The molecule has 1 N–H and O–H groups in total. The van der Waals surface area contributed by atoms with Crippen LogP contribution in [0.2, 0.25) is 0 Å². The molecule has 6 heteroatoms. The van der Waals surface area contributed by atoms with E-state index in [1.165, 1.54) is 0 Å². The number of nitrogens with zero attached hydrogens (tertiary/aromatic N) is 1. The second-order valence-electron chi connectivity index (χ2n) is 6.96. The first-order chi connectivity index (χ1) is 13.5. The number of piperidine rings is 1. The molecule has 1 heterocycles. The molecule has 2 amide bonds. The summed E-state index contributed by atoms with van der Waals surface area (Å²) in [6.45, 7) is 3.05. The number of methoxy groups -OCH3 is 2. The number of hydrogen-bond acceptors (Lipinski definition) is 4. The molecule has 0 unspecified atom stereocenters. The smallest absolute Gasteiger partial charge is 0.257 e. The maximum absolute atomic E-state index is 12.8. The van der Waals surface area contributed by atoms with Crippen LogP contribution in [0.4, 0.5) is 5.69 Å². The molecule has 6 nitrogen and oxygen atoms in total. The molecule has 1 saturated heterocycles. The maximum atomic E-state index is 12.8. The number of rotatable bonds is 5. The highest BCUT2D eigenvalue weighted by Gasteiger charge is 2.29. The molecule has 28 heavy (non-hydrogen) atoms. The van der Waals surface area contributed by atoms with Crippen molar-refractivity contribution in [2.24, 2.45) is 5.92 Å². The van der Waals surface area contributed by atoms with Gasteiger partial charge in [-0.3, -0.25) is 9.59 Å². The van der Waals surface area contributed by atoms with Gasteiger partial charge in [-0.25, -0.2) is 0 Å². The third-order valence-electron chi connectivity index (χ3n) is 5.10. The summed E-state index contributed by atoms with van der Waals surface area (Å²) < 4.78 is 10.6. The summed E-state index contributed by atoms with van der Waals surface area (Å²) in [5.74, 6) is 0.985. The van der Waals surface area contributed by atoms with E-state index in [2.05, 4.69) is 5.32 Å². The normalized spacial score (nSPS) is 14.5. The van der Waals surface area contributed by atoms with Gasteiger partial charge in [0.1, 0.15) is 11.5 Å². The van der Waals surface area contributed by atoms with Crippen LogP contribution in [-0.4, -0.2) is 44.0 Å². The lowest BCUT2D eigenvalue weighted by Gasteiger charge is -2.31. The van der Waals surface area contributed by atoms with Gasteiger partial charge >= 0.3 is 0 Å². The van der Waals surface area contributed by atoms with Crippen LogP contribution in [-0.2, 0) is 4.79 Å². The summed E-state index contributed by atoms with van der Waals surface area (Å²) in [7, 11) is 3.14. The lowest BCUT2D eigenvalue weighted by atomic mass is 9.95. The molecule has 0 aliphatic carbocycles. The molecule has 3 rings (SSSR count). The van der Waals surface area contributed by atoms with Crippen molar-refractivity contribution in [3.63, 3.8) is 0 Å². The Labute approximate surface area is 165 Å². The van der Waals surface area contributed by atoms with Gasteiger partial charge in [0.05, 0.1) is 25.5 Å². The summed E-state index contributed by atoms with van der Waals surface area (Å²) in [4.78, 5) is 27.3. The second kappa shape index (κ2) is 8.78. The van der Waals surface area contributed by atoms with Crippen molar-refractivity contribution in [3.8, 4) is 11.5 Å². The minimum atomic E-state index is -0.132. The van der Waals surface area contributed by atoms with Gasteiger partial charge in [0.15, 0.2) is 0 Å². The van der Waals surface area contributed by atoms with E-state index in [4.69, 9.17) is 9.47 Å². The highest BCUT2D eigenvalue weighted by molar-refractivity contribution is 5.97. The monoisotopic (exact) mass is 382 g/mol. The molecule has 0 aromatic heterocycles. The Kier molecular flexibility index (Phi) is 6.19. The molecule has 2 aromatic rings. The average Bonchev–Trinajstić information content (AvgIpc) is 2.73. The Bertz CT molecular complexity index is 857. The van der Waals surface area contributed by atoms with Crippen LogP contribution >= 0.6 is 0 Å². The molecule has 148 valence electrons. The zero-order chi connectivity index (χ0) is 20.1. The van der Waals surface area contributed by atoms with Crippen LogP contribution in [0.1, 0.15) is 28.8 Å². The van der Waals surface area contributed by atoms with Gasteiger partial charge in [-0.1, -0.05) is 18.2 Å². The fourth-order valence-corrected chi connectivity index (χ4v) is 3.49. The highest BCUT2D eigenvalue weighted by atomic mass is 16.5. The number of carbonyl (C=O) groups excluding carboxylic acids is 2. The molecule has 1 fully saturated rings. The lowest BCUT2D eigenvalue weighted by molar-refractivity contribution is -0.121. The standard InChI is InChI=1S/C22H26N2O4/c1-15-8-9-20(28-3)18(14-15)23-21(25)16-10-12-24(13-11-16)22(26)17-6-4-5-7-19(17)27-2/h4-9,14,16H,10-13H2,1-3H3,(H,23,25). The topological polar surface area (TPSA) is 67.9 Å². The fraction of sp³-hybridized carbons (Fsp3) is 0.364. The van der Waals surface area contributed by atoms with Gasteiger partial charge in [0.2, 0.25) is 5.91 Å². The van der Waals surface area contributed by atoms with Gasteiger partial charge in [0, 0.05) is 19.0 Å². The number of aryl methyl sites for hydroxylation is 1. The van der Waals surface area contributed by atoms with E-state index in [9.17, 15) is 9.59 Å². The van der Waals surface area contributed by atoms with E-state index in [-0.39, 0.29) is 17.7 Å². The molecule has 0 saturated carbocycles. The molecule has 0 bridgehead atoms. The minimum absolute atomic E-state index is 0.0340. The first kappa shape index (κ1) is 19.7. The number of likely N-dealkylation sites (tertiary alicyclic amines) is 1. The largest absolute Gasteiger partial charge is 0.496 e. The molecule has 1 aliphatic rings. The Morgan fingerprint density at radius 2 is 1.68 bits per heavy atom. The van der Waals surface area contributed by atoms with Crippen molar-refractivity contribution < 1.29 is 19.1 Å². The van der Waals surface area contributed by atoms with Crippen LogP contribution in [0.3, 0.4) is 0 Å². The predicted molar refractivity (Wildman–Crippen MR) is 108 cm³/mol. The van der Waals surface area contributed by atoms with Crippen molar-refractivity contribution in [2.75, 3.05) is 32.6 Å². The number of ether oxygens (including phenoxy) is 2. The maximum Gasteiger partial charge on any atom is 0.257 e. The molecular formula is C22H26N2O4. The molecular weight excluding hydrogens is 356 g/mol. The van der Waals surface area contributed by atoms with E-state index in [1.54, 1.807) is 31.3 Å². The number of amides is 2. The molecule has 1 aliphatic heterocycles. The van der Waals surface area contributed by atoms with Crippen LogP contribution in [0.5, 0.6) is 11.5 Å². The highest BCUT2D eigenvalue weighted by Crippen LogP contribution is 2.28. The van der Waals surface area contributed by atoms with Gasteiger partial charge in [-0.15, -0.1) is 0 Å². The second-order valence-corrected chi connectivity index (χ2v) is 6.96. The number of benzene rings is 2. The molecule has 2 aromatic carbocycles. The van der Waals surface area contributed by atoms with Crippen LogP contribution in [0, 0.1) is 12.8 Å². The van der Waals surface area contributed by atoms with Crippen molar-refractivity contribution in [2.45, 2.75) is 19.8 Å². The Balaban J connectivity index is 1.61. The van der Waals surface area contributed by atoms with Crippen molar-refractivity contribution in [3.05, 3.63) is 53.6 Å². The first-order valence-corrected chi connectivity index (χ1v) is 9.41. The number of nitrogens with one attached hydrogen (secondary N) is 1. The summed E-state index contributed by atoms with van der Waals surface area (Å²) in [6.07, 6.45) is 1.25. The summed E-state index contributed by atoms with van der Waals surface area (Å²) in [5, 5.41) is 2.98. The number of hydrogen-bond donors (Lipinski definition) is 1. The number of para-hydroxylation sites is 1. The van der Waals surface area contributed by atoms with Gasteiger partial charge in [-0.05, 0) is 49.6 Å². The number of anilines is 1. The Hall–Kier alpha value is -3.02. The molecule has 0 radical (unpaired) electrons. The zero-order valence-electron chi connectivity index (χ0n) is 16.5. The van der Waals surface area contributed by atoms with Crippen LogP contribution in [0.25, 0.3) is 0 Å². The van der Waals surface area contributed by atoms with Crippen molar-refractivity contribution in [1.82, 2.24) is 4.90 Å². The van der Waals surface area contributed by atoms with Crippen LogP contribution < -0.4 is 14.8 Å².